The lowest BCUT2D eigenvalue weighted by Gasteiger charge is -2.67. The number of aryl methyl sites for hydroxylation is 2. The van der Waals surface area contributed by atoms with E-state index in [-0.39, 0.29) is 74.6 Å². The Morgan fingerprint density at radius 2 is 1.21 bits per heavy atom. The first-order valence-electron chi connectivity index (χ1n) is 31.5. The number of hydrogen-bond donors (Lipinski definition) is 11. The highest BCUT2D eigenvalue weighted by atomic mass is 16.6. The summed E-state index contributed by atoms with van der Waals surface area (Å²) in [6.45, 7) is 22.3. The van der Waals surface area contributed by atoms with Gasteiger partial charge in [-0.05, 0) is 111 Å². The fourth-order valence-corrected chi connectivity index (χ4v) is 15.2. The van der Waals surface area contributed by atoms with E-state index in [1.54, 1.807) is 137 Å². The summed E-state index contributed by atoms with van der Waals surface area (Å²) < 4.78 is 29.5. The smallest absolute Gasteiger partial charge is 0.408 e. The minimum absolute atomic E-state index is 0.00512. The molecule has 1 amide bonds. The van der Waals surface area contributed by atoms with Crippen molar-refractivity contribution in [2.24, 2.45) is 16.7 Å². The average molecular weight is 1330 g/mol. The molecule has 3 aliphatic carbocycles. The van der Waals surface area contributed by atoms with Crippen molar-refractivity contribution in [1.29, 1.82) is 0 Å². The van der Waals surface area contributed by atoms with Crippen LogP contribution in [0.4, 0.5) is 4.79 Å². The average Bonchev–Trinajstić information content (AvgIpc) is 0.671. The second-order valence-electron chi connectivity index (χ2n) is 27.8. The van der Waals surface area contributed by atoms with E-state index in [0.29, 0.717) is 51.2 Å². The van der Waals surface area contributed by atoms with Crippen LogP contribution in [0.2, 0.25) is 0 Å². The number of alkyl carbamates (subject to hydrolysis) is 1. The van der Waals surface area contributed by atoms with Crippen molar-refractivity contribution in [2.75, 3.05) is 6.61 Å². The summed E-state index contributed by atoms with van der Waals surface area (Å²) >= 11 is 0. The van der Waals surface area contributed by atoms with Gasteiger partial charge in [0.05, 0.1) is 46.8 Å². The summed E-state index contributed by atoms with van der Waals surface area (Å²) in [5, 5.41) is 118. The highest BCUT2D eigenvalue weighted by Crippen LogP contribution is 2.65. The number of rotatable bonds is 13. The molecular weight excluding hydrogens is 1240 g/mol. The van der Waals surface area contributed by atoms with E-state index in [1.807, 2.05) is 0 Å². The summed E-state index contributed by atoms with van der Waals surface area (Å²) in [6.07, 6.45) is -10.8. The molecule has 6 aromatic rings. The number of aromatic hydroxyl groups is 6. The monoisotopic (exact) mass is 1330 g/mol. The van der Waals surface area contributed by atoms with E-state index in [9.17, 15) is 84.6 Å². The van der Waals surface area contributed by atoms with Crippen LogP contribution in [-0.4, -0.2) is 153 Å². The maximum atomic E-state index is 14.9. The Labute approximate surface area is 553 Å². The number of carbonyl (C=O) groups is 7. The number of nitrogens with one attached hydrogen (secondary N) is 1. The first-order chi connectivity index (χ1) is 44.8. The molecule has 1 heterocycles. The molecule has 4 aliphatic rings. The predicted molar refractivity (Wildman–Crippen MR) is 349 cm³/mol. The van der Waals surface area contributed by atoms with Gasteiger partial charge in [-0.15, -0.1) is 0 Å². The predicted octanol–water partition coefficient (Wildman–Crippen LogP) is 9.64. The fourth-order valence-electron chi connectivity index (χ4n) is 15.2. The molecule has 11 atom stereocenters. The van der Waals surface area contributed by atoms with E-state index < -0.39 is 147 Å². The van der Waals surface area contributed by atoms with E-state index in [1.165, 1.54) is 26.0 Å². The number of aldehydes is 2. The highest BCUT2D eigenvalue weighted by Gasteiger charge is 2.78. The number of phenolic OH excluding ortho intramolecular Hbond substituents is 6. The molecule has 0 aromatic heterocycles. The number of ether oxygens (including phenoxy) is 5. The maximum absolute atomic E-state index is 14.9. The molecule has 2 saturated carbocycles. The minimum Gasteiger partial charge on any atom is -0.507 e. The summed E-state index contributed by atoms with van der Waals surface area (Å²) in [4.78, 5) is 92.9. The topological polar surface area (TPSA) is 380 Å². The van der Waals surface area contributed by atoms with Crippen LogP contribution in [-0.2, 0) is 38.1 Å². The molecular formula is C73H83NO22. The Kier molecular flexibility index (Phi) is 19.1. The lowest BCUT2D eigenvalue weighted by atomic mass is 9.44. The van der Waals surface area contributed by atoms with Gasteiger partial charge in [0.15, 0.2) is 53.1 Å². The van der Waals surface area contributed by atoms with Gasteiger partial charge in [0.2, 0.25) is 0 Å². The van der Waals surface area contributed by atoms with Crippen LogP contribution in [0.25, 0.3) is 32.7 Å². The van der Waals surface area contributed by atoms with E-state index in [2.05, 4.69) is 5.32 Å². The van der Waals surface area contributed by atoms with Gasteiger partial charge in [-0.2, -0.15) is 0 Å². The number of amides is 1. The summed E-state index contributed by atoms with van der Waals surface area (Å²) in [7, 11) is 0. The van der Waals surface area contributed by atoms with Crippen molar-refractivity contribution in [1.82, 2.24) is 5.32 Å². The van der Waals surface area contributed by atoms with Crippen LogP contribution in [0.1, 0.15) is 173 Å². The van der Waals surface area contributed by atoms with Gasteiger partial charge in [0, 0.05) is 58.2 Å². The molecule has 0 unspecified atom stereocenters. The molecule has 512 valence electrons. The van der Waals surface area contributed by atoms with Crippen molar-refractivity contribution in [3.8, 4) is 45.6 Å². The molecule has 1 saturated heterocycles. The zero-order valence-electron chi connectivity index (χ0n) is 55.8. The largest absolute Gasteiger partial charge is 0.507 e. The number of hydrogen-bond acceptors (Lipinski definition) is 22. The normalized spacial score (nSPS) is 25.0. The zero-order chi connectivity index (χ0) is 71.1. The van der Waals surface area contributed by atoms with Crippen LogP contribution in [0.3, 0.4) is 0 Å². The van der Waals surface area contributed by atoms with Crippen molar-refractivity contribution >= 4 is 63.9 Å². The molecule has 10 rings (SSSR count). The Bertz CT molecular complexity index is 4060. The number of carbonyl (C=O) groups excluding carboxylic acids is 7. The van der Waals surface area contributed by atoms with Gasteiger partial charge in [0.1, 0.15) is 47.1 Å². The van der Waals surface area contributed by atoms with Gasteiger partial charge in [-0.25, -0.2) is 14.4 Å². The number of aliphatic hydroxyl groups excluding tert-OH is 3. The number of aliphatic hydroxyl groups is 4. The first-order valence-corrected chi connectivity index (χ1v) is 31.5. The van der Waals surface area contributed by atoms with Gasteiger partial charge >= 0.3 is 24.0 Å². The van der Waals surface area contributed by atoms with Crippen LogP contribution in [0.5, 0.6) is 34.5 Å². The number of esters is 3. The third kappa shape index (κ3) is 11.6. The molecule has 96 heavy (non-hydrogen) atoms. The zero-order valence-corrected chi connectivity index (χ0v) is 55.8. The summed E-state index contributed by atoms with van der Waals surface area (Å²) in [5.41, 5.74) is -6.80. The van der Waals surface area contributed by atoms with E-state index in [0.717, 1.165) is 6.92 Å². The standard InChI is InChI=1S/C43H53NO14.C30H30O8/c1-22-26(55-37(51)32(48)30(24-15-11-9-12-16-24)44-38(52)58-39(3,4)5)20-43(53)35(56-36(50)25-17-13-10-14-18-25)33-41(8,34(49)31(47)29(22)40(43,6)7)27(46)19-28-42(33,21-54-28)57-23(2)45;1-11(2)19-15-7-13(5)21(27(35)23(15)17(9-31)25(33)29(19)37)22-14(6)8-16-20(12(3)4)30(38)26(34)18(10-32)24(16)28(22)36/h9-18,26-28,30-33,35,46-48,53H,19-21H2,1-8H3,(H,44,52);7-12,33-38H,1-6H3/t26-,27-,28+,30-,31+,32+,33-,35-,41+,42-,43+;/m0./s1. The Morgan fingerprint density at radius 1 is 0.719 bits per heavy atom. The Hall–Kier alpha value is -9.13. The summed E-state index contributed by atoms with van der Waals surface area (Å²) in [6, 6.07) is 17.9. The molecule has 11 N–H and O–H groups in total. The van der Waals surface area contributed by atoms with Gasteiger partial charge in [0.25, 0.3) is 0 Å². The SMILES string of the molecule is CC(=O)O[C@@]12CO[C@@H]1C[C@H](O)[C@@]1(C)C(=O)[C@H](O)C3=C(C)[C@@H](OC(=O)[C@H](O)[C@@H](NC(=O)OC(C)(C)C)c4ccccc4)C[C@@](O)([C@@H](OC(=O)c4ccccc4)[C@H]21)C3(C)C.Cc1cc2c(C(C)C)c(O)c(O)c(C=O)c2c(O)c1-c1c(C)cc2c(C(C)C)c(O)c(O)c(C=O)c2c1O. The van der Waals surface area contributed by atoms with Crippen LogP contribution in [0, 0.1) is 30.6 Å². The number of ketones is 1. The minimum atomic E-state index is -2.35. The third-order valence-corrected chi connectivity index (χ3v) is 19.8. The highest BCUT2D eigenvalue weighted by molar-refractivity contribution is 6.14. The molecule has 6 aromatic carbocycles. The fraction of sp³-hybridized carbons (Fsp3) is 0.438. The number of fused-ring (bicyclic) bond motifs is 7. The van der Waals surface area contributed by atoms with Crippen LogP contribution < -0.4 is 5.32 Å². The van der Waals surface area contributed by atoms with E-state index in [4.69, 9.17) is 23.7 Å². The maximum Gasteiger partial charge on any atom is 0.408 e. The van der Waals surface area contributed by atoms with Crippen molar-refractivity contribution in [3.05, 3.63) is 128 Å². The van der Waals surface area contributed by atoms with E-state index >= 15 is 0 Å². The van der Waals surface area contributed by atoms with Crippen molar-refractivity contribution < 1.29 is 108 Å². The molecule has 2 bridgehead atoms. The van der Waals surface area contributed by atoms with Crippen molar-refractivity contribution in [2.45, 2.75) is 181 Å². The lowest BCUT2D eigenvalue weighted by molar-refractivity contribution is -0.346. The number of phenols is 6. The molecule has 23 nitrogen and oxygen atoms in total. The van der Waals surface area contributed by atoms with Crippen LogP contribution >= 0.6 is 0 Å². The Balaban J connectivity index is 0.000000246. The molecule has 1 aliphatic heterocycles. The number of Topliss-reactive ketones (excluding diaryl/α,β-unsaturated/α-hetero) is 1. The molecule has 0 spiro atoms. The Morgan fingerprint density at radius 3 is 1.65 bits per heavy atom. The molecule has 23 heteroatoms. The van der Waals surface area contributed by atoms with Gasteiger partial charge in [-0.1, -0.05) is 102 Å². The molecule has 3 fully saturated rings. The summed E-state index contributed by atoms with van der Waals surface area (Å²) in [5.74, 6) is -8.94. The van der Waals surface area contributed by atoms with Gasteiger partial charge in [-0.3, -0.25) is 19.2 Å². The second-order valence-corrected chi connectivity index (χ2v) is 27.8. The second kappa shape index (κ2) is 25.8. The third-order valence-electron chi connectivity index (χ3n) is 19.8. The quantitative estimate of drug-likeness (QED) is 0.0168. The lowest BCUT2D eigenvalue weighted by Crippen LogP contribution is -2.81. The van der Waals surface area contributed by atoms with Crippen molar-refractivity contribution in [3.63, 3.8) is 0 Å². The molecule has 0 radical (unpaired) electrons. The number of benzene rings is 6. The van der Waals surface area contributed by atoms with Gasteiger partial charge < -0.3 is 80.1 Å². The van der Waals surface area contributed by atoms with Crippen LogP contribution in [0.15, 0.2) is 83.9 Å². The first kappa shape index (κ1) is 71.2.